The molecule has 0 radical (unpaired) electrons. The lowest BCUT2D eigenvalue weighted by Crippen LogP contribution is -1.99. The Bertz CT molecular complexity index is 526. The van der Waals surface area contributed by atoms with Crippen molar-refractivity contribution >= 4 is 11.6 Å². The maximum Gasteiger partial charge on any atom is 0.126 e. The molecule has 0 amide bonds. The Morgan fingerprint density at radius 1 is 1.11 bits per heavy atom. The van der Waals surface area contributed by atoms with Crippen molar-refractivity contribution in [3.05, 3.63) is 64.4 Å². The molecule has 0 bridgehead atoms. The monoisotopic (exact) mass is 266 g/mol. The summed E-state index contributed by atoms with van der Waals surface area (Å²) in [6.07, 6.45) is 0. The Morgan fingerprint density at radius 3 is 2.50 bits per heavy atom. The van der Waals surface area contributed by atoms with Crippen molar-refractivity contribution in [1.29, 1.82) is 0 Å². The number of hydrogen-bond donors (Lipinski definition) is 1. The summed E-state index contributed by atoms with van der Waals surface area (Å²) in [6, 6.07) is 11.2. The van der Waals surface area contributed by atoms with Gasteiger partial charge in [0.25, 0.3) is 0 Å². The zero-order valence-corrected chi connectivity index (χ0v) is 10.3. The van der Waals surface area contributed by atoms with Crippen LogP contribution >= 0.6 is 11.6 Å². The predicted molar refractivity (Wildman–Crippen MR) is 68.1 cm³/mol. The second-order valence-corrected chi connectivity index (χ2v) is 4.20. The minimum Gasteiger partial charge on any atom is -0.488 e. The van der Waals surface area contributed by atoms with Crippen LogP contribution < -0.4 is 4.74 Å². The lowest BCUT2D eigenvalue weighted by molar-refractivity contribution is 0.259. The third-order valence-electron chi connectivity index (χ3n) is 2.54. The summed E-state index contributed by atoms with van der Waals surface area (Å²) >= 11 is 5.94. The molecule has 0 aliphatic carbocycles. The maximum absolute atomic E-state index is 12.7. The highest BCUT2D eigenvalue weighted by Crippen LogP contribution is 2.26. The Labute approximate surface area is 110 Å². The fourth-order valence-corrected chi connectivity index (χ4v) is 1.79. The number of rotatable bonds is 4. The Kier molecular flexibility index (Phi) is 4.18. The van der Waals surface area contributed by atoms with Gasteiger partial charge in [-0.3, -0.25) is 0 Å². The van der Waals surface area contributed by atoms with Gasteiger partial charge >= 0.3 is 0 Å². The van der Waals surface area contributed by atoms with Gasteiger partial charge in [-0.05, 0) is 29.8 Å². The molecule has 0 aliphatic rings. The standard InChI is InChI=1S/C14H12ClFO2/c15-13-2-1-3-14(12(13)8-17)18-9-10-4-6-11(16)7-5-10/h1-7,17H,8-9H2. The third-order valence-corrected chi connectivity index (χ3v) is 2.90. The molecule has 1 N–H and O–H groups in total. The second kappa shape index (κ2) is 5.85. The van der Waals surface area contributed by atoms with E-state index in [0.717, 1.165) is 5.56 Å². The minimum atomic E-state index is -0.280. The lowest BCUT2D eigenvalue weighted by atomic mass is 10.2. The highest BCUT2D eigenvalue weighted by molar-refractivity contribution is 6.31. The van der Waals surface area contributed by atoms with Gasteiger partial charge in [0.1, 0.15) is 18.2 Å². The summed E-state index contributed by atoms with van der Waals surface area (Å²) in [5, 5.41) is 9.69. The molecule has 2 aromatic rings. The van der Waals surface area contributed by atoms with Crippen LogP contribution in [0.3, 0.4) is 0 Å². The van der Waals surface area contributed by atoms with Gasteiger partial charge in [-0.25, -0.2) is 4.39 Å². The van der Waals surface area contributed by atoms with E-state index >= 15 is 0 Å². The first-order valence-corrected chi connectivity index (χ1v) is 5.84. The second-order valence-electron chi connectivity index (χ2n) is 3.79. The van der Waals surface area contributed by atoms with E-state index in [9.17, 15) is 9.50 Å². The van der Waals surface area contributed by atoms with Gasteiger partial charge in [0, 0.05) is 10.6 Å². The average molecular weight is 267 g/mol. The maximum atomic E-state index is 12.7. The summed E-state index contributed by atoms with van der Waals surface area (Å²) in [7, 11) is 0. The highest BCUT2D eigenvalue weighted by atomic mass is 35.5. The van der Waals surface area contributed by atoms with Crippen molar-refractivity contribution in [2.24, 2.45) is 0 Å². The molecule has 18 heavy (non-hydrogen) atoms. The molecule has 2 aromatic carbocycles. The zero-order valence-electron chi connectivity index (χ0n) is 9.57. The van der Waals surface area contributed by atoms with E-state index in [1.54, 1.807) is 30.3 Å². The molecule has 0 heterocycles. The van der Waals surface area contributed by atoms with Gasteiger partial charge in [-0.1, -0.05) is 29.8 Å². The van der Waals surface area contributed by atoms with Gasteiger partial charge < -0.3 is 9.84 Å². The third kappa shape index (κ3) is 3.00. The molecule has 0 saturated heterocycles. The molecular weight excluding hydrogens is 255 g/mol. The molecule has 0 spiro atoms. The van der Waals surface area contributed by atoms with Crippen LogP contribution in [0.5, 0.6) is 5.75 Å². The fourth-order valence-electron chi connectivity index (χ4n) is 1.57. The van der Waals surface area contributed by atoms with Crippen LogP contribution in [0.15, 0.2) is 42.5 Å². The van der Waals surface area contributed by atoms with Crippen molar-refractivity contribution in [2.75, 3.05) is 0 Å². The van der Waals surface area contributed by atoms with Crippen LogP contribution in [-0.2, 0) is 13.2 Å². The van der Waals surface area contributed by atoms with E-state index in [4.69, 9.17) is 16.3 Å². The van der Waals surface area contributed by atoms with E-state index in [-0.39, 0.29) is 12.4 Å². The van der Waals surface area contributed by atoms with Crippen LogP contribution in [0.2, 0.25) is 5.02 Å². The normalized spacial score (nSPS) is 10.4. The summed E-state index contributed by atoms with van der Waals surface area (Å²) in [5.41, 5.74) is 1.40. The van der Waals surface area contributed by atoms with Crippen LogP contribution in [0.25, 0.3) is 0 Å². The van der Waals surface area contributed by atoms with Gasteiger partial charge in [-0.15, -0.1) is 0 Å². The molecule has 0 unspecified atom stereocenters. The summed E-state index contributed by atoms with van der Waals surface area (Å²) in [5.74, 6) is 0.256. The number of ether oxygens (including phenoxy) is 1. The number of aliphatic hydroxyl groups is 1. The fraction of sp³-hybridized carbons (Fsp3) is 0.143. The van der Waals surface area contributed by atoms with Crippen molar-refractivity contribution < 1.29 is 14.2 Å². The van der Waals surface area contributed by atoms with Gasteiger partial charge in [0.15, 0.2) is 0 Å². The van der Waals surface area contributed by atoms with E-state index < -0.39 is 0 Å². The first-order valence-electron chi connectivity index (χ1n) is 5.46. The first kappa shape index (κ1) is 12.9. The van der Waals surface area contributed by atoms with Crippen LogP contribution in [0, 0.1) is 5.82 Å². The van der Waals surface area contributed by atoms with E-state index in [1.807, 2.05) is 0 Å². The van der Waals surface area contributed by atoms with Crippen molar-refractivity contribution in [2.45, 2.75) is 13.2 Å². The summed E-state index contributed by atoms with van der Waals surface area (Å²) in [4.78, 5) is 0. The molecule has 0 atom stereocenters. The number of halogens is 2. The molecule has 2 nitrogen and oxygen atoms in total. The highest BCUT2D eigenvalue weighted by Gasteiger charge is 2.07. The van der Waals surface area contributed by atoms with Crippen LogP contribution in [0.4, 0.5) is 4.39 Å². The molecule has 94 valence electrons. The average Bonchev–Trinajstić information content (AvgIpc) is 2.38. The Hall–Kier alpha value is -1.58. The van der Waals surface area contributed by atoms with E-state index in [1.165, 1.54) is 12.1 Å². The summed E-state index contributed by atoms with van der Waals surface area (Å²) < 4.78 is 18.3. The van der Waals surface area contributed by atoms with Crippen molar-refractivity contribution in [3.8, 4) is 5.75 Å². The molecule has 0 aliphatic heterocycles. The molecule has 4 heteroatoms. The van der Waals surface area contributed by atoms with Crippen molar-refractivity contribution in [1.82, 2.24) is 0 Å². The molecule has 0 fully saturated rings. The number of benzene rings is 2. The SMILES string of the molecule is OCc1c(Cl)cccc1OCc1ccc(F)cc1. The lowest BCUT2D eigenvalue weighted by Gasteiger charge is -2.11. The molecular formula is C14H12ClFO2. The largest absolute Gasteiger partial charge is 0.488 e. The van der Waals surface area contributed by atoms with Crippen LogP contribution in [0.1, 0.15) is 11.1 Å². The van der Waals surface area contributed by atoms with Gasteiger partial charge in [0.2, 0.25) is 0 Å². The van der Waals surface area contributed by atoms with E-state index in [0.29, 0.717) is 22.9 Å². The van der Waals surface area contributed by atoms with Crippen LogP contribution in [-0.4, -0.2) is 5.11 Å². The Balaban J connectivity index is 2.10. The quantitative estimate of drug-likeness (QED) is 0.917. The first-order chi connectivity index (χ1) is 8.70. The predicted octanol–water partition coefficient (Wildman–Crippen LogP) is 3.55. The number of hydrogen-bond acceptors (Lipinski definition) is 2. The van der Waals surface area contributed by atoms with Gasteiger partial charge in [0.05, 0.1) is 6.61 Å². The smallest absolute Gasteiger partial charge is 0.126 e. The van der Waals surface area contributed by atoms with E-state index in [2.05, 4.69) is 0 Å². The minimum absolute atomic E-state index is 0.182. The summed E-state index contributed by atoms with van der Waals surface area (Å²) in [6.45, 7) is 0.117. The molecule has 0 aromatic heterocycles. The van der Waals surface area contributed by atoms with Crippen molar-refractivity contribution in [3.63, 3.8) is 0 Å². The number of aliphatic hydroxyl groups excluding tert-OH is 1. The zero-order chi connectivity index (χ0) is 13.0. The topological polar surface area (TPSA) is 29.5 Å². The molecule has 0 saturated carbocycles. The Morgan fingerprint density at radius 2 is 1.83 bits per heavy atom. The molecule has 2 rings (SSSR count). The van der Waals surface area contributed by atoms with Gasteiger partial charge in [-0.2, -0.15) is 0 Å².